The van der Waals surface area contributed by atoms with Crippen molar-refractivity contribution >= 4 is 0 Å². The van der Waals surface area contributed by atoms with E-state index < -0.39 is 0 Å². The zero-order chi connectivity index (χ0) is 20.0. The molecule has 0 aliphatic heterocycles. The SMILES string of the molecule is CCc1nc(-c2ccc(C(C)C)nc2OC)c(CC)nc1OC(CC)CC. The third kappa shape index (κ3) is 4.76. The van der Waals surface area contributed by atoms with Crippen molar-refractivity contribution in [2.24, 2.45) is 0 Å². The van der Waals surface area contributed by atoms with Crippen molar-refractivity contribution in [1.29, 1.82) is 0 Å². The normalized spacial score (nSPS) is 11.3. The summed E-state index contributed by atoms with van der Waals surface area (Å²) in [6.45, 7) is 12.7. The van der Waals surface area contributed by atoms with Crippen molar-refractivity contribution in [1.82, 2.24) is 15.0 Å². The maximum atomic E-state index is 6.15. The molecule has 0 aromatic carbocycles. The van der Waals surface area contributed by atoms with E-state index in [2.05, 4.69) is 46.5 Å². The minimum atomic E-state index is 0.168. The number of aryl methyl sites for hydroxylation is 2. The lowest BCUT2D eigenvalue weighted by molar-refractivity contribution is 0.181. The minimum Gasteiger partial charge on any atom is -0.480 e. The molecule has 0 aliphatic rings. The fraction of sp³-hybridized carbons (Fsp3) is 0.591. The van der Waals surface area contributed by atoms with Crippen LogP contribution in [0.3, 0.4) is 0 Å². The van der Waals surface area contributed by atoms with Crippen LogP contribution in [0, 0.1) is 0 Å². The molecule has 0 atom stereocenters. The van der Waals surface area contributed by atoms with Gasteiger partial charge in [0.05, 0.1) is 30.2 Å². The van der Waals surface area contributed by atoms with Crippen LogP contribution in [-0.2, 0) is 12.8 Å². The van der Waals surface area contributed by atoms with Gasteiger partial charge in [-0.3, -0.25) is 0 Å². The van der Waals surface area contributed by atoms with E-state index in [9.17, 15) is 0 Å². The average Bonchev–Trinajstić information content (AvgIpc) is 2.70. The van der Waals surface area contributed by atoms with Crippen LogP contribution in [0.2, 0.25) is 0 Å². The van der Waals surface area contributed by atoms with Crippen LogP contribution in [0.4, 0.5) is 0 Å². The van der Waals surface area contributed by atoms with Gasteiger partial charge >= 0.3 is 0 Å². The summed E-state index contributed by atoms with van der Waals surface area (Å²) in [4.78, 5) is 14.4. The molecule has 0 amide bonds. The lowest BCUT2D eigenvalue weighted by Gasteiger charge is -2.19. The van der Waals surface area contributed by atoms with Gasteiger partial charge in [0.1, 0.15) is 5.69 Å². The van der Waals surface area contributed by atoms with E-state index in [4.69, 9.17) is 19.4 Å². The van der Waals surface area contributed by atoms with Gasteiger partial charge in [0.25, 0.3) is 0 Å². The van der Waals surface area contributed by atoms with Crippen LogP contribution in [0.25, 0.3) is 11.3 Å². The van der Waals surface area contributed by atoms with Gasteiger partial charge in [0.2, 0.25) is 11.8 Å². The Morgan fingerprint density at radius 2 is 1.52 bits per heavy atom. The Hall–Kier alpha value is -2.17. The van der Waals surface area contributed by atoms with Gasteiger partial charge in [-0.15, -0.1) is 0 Å². The zero-order valence-corrected chi connectivity index (χ0v) is 17.8. The standard InChI is InChI=1S/C22H33N3O2/c1-8-15(9-2)27-22-18(11-4)23-20(17(10-3)24-22)16-12-13-19(14(5)6)25-21(16)26-7/h12-15H,8-11H2,1-7H3. The molecule has 0 saturated heterocycles. The van der Waals surface area contributed by atoms with Crippen LogP contribution in [0.5, 0.6) is 11.8 Å². The fourth-order valence-corrected chi connectivity index (χ4v) is 3.00. The molecule has 27 heavy (non-hydrogen) atoms. The molecule has 148 valence electrons. The second-order valence-electron chi connectivity index (χ2n) is 6.98. The van der Waals surface area contributed by atoms with Gasteiger partial charge in [-0.1, -0.05) is 41.5 Å². The number of ether oxygens (including phenoxy) is 2. The predicted molar refractivity (Wildman–Crippen MR) is 110 cm³/mol. The highest BCUT2D eigenvalue weighted by atomic mass is 16.5. The van der Waals surface area contributed by atoms with Crippen LogP contribution in [-0.4, -0.2) is 28.2 Å². The number of aromatic nitrogens is 3. The first-order chi connectivity index (χ1) is 13.0. The Morgan fingerprint density at radius 1 is 0.852 bits per heavy atom. The molecule has 0 saturated carbocycles. The number of methoxy groups -OCH3 is 1. The summed E-state index contributed by atoms with van der Waals surface area (Å²) in [5, 5.41) is 0. The van der Waals surface area contributed by atoms with Gasteiger partial charge in [0.15, 0.2) is 0 Å². The number of nitrogens with zero attached hydrogens (tertiary/aromatic N) is 3. The first kappa shape index (κ1) is 21.1. The highest BCUT2D eigenvalue weighted by Gasteiger charge is 2.20. The van der Waals surface area contributed by atoms with Crippen LogP contribution < -0.4 is 9.47 Å². The summed E-state index contributed by atoms with van der Waals surface area (Å²) in [6, 6.07) is 4.09. The number of hydrogen-bond acceptors (Lipinski definition) is 5. The van der Waals surface area contributed by atoms with Crippen molar-refractivity contribution < 1.29 is 9.47 Å². The third-order valence-electron chi connectivity index (χ3n) is 4.78. The fourth-order valence-electron chi connectivity index (χ4n) is 3.00. The van der Waals surface area contributed by atoms with E-state index in [1.165, 1.54) is 0 Å². The highest BCUT2D eigenvalue weighted by Crippen LogP contribution is 2.33. The molecule has 0 aliphatic carbocycles. The van der Waals surface area contributed by atoms with Crippen molar-refractivity contribution in [2.75, 3.05) is 7.11 Å². The maximum absolute atomic E-state index is 6.15. The minimum absolute atomic E-state index is 0.168. The Morgan fingerprint density at radius 3 is 2.04 bits per heavy atom. The number of hydrogen-bond donors (Lipinski definition) is 0. The molecule has 0 spiro atoms. The average molecular weight is 372 g/mol. The van der Waals surface area contributed by atoms with Gasteiger partial charge in [0, 0.05) is 5.69 Å². The van der Waals surface area contributed by atoms with Crippen molar-refractivity contribution in [3.63, 3.8) is 0 Å². The molecular formula is C22H33N3O2. The first-order valence-corrected chi connectivity index (χ1v) is 10.1. The Labute approximate surface area is 163 Å². The Balaban J connectivity index is 2.57. The van der Waals surface area contributed by atoms with E-state index in [1.54, 1.807) is 7.11 Å². The quantitative estimate of drug-likeness (QED) is 0.593. The third-order valence-corrected chi connectivity index (χ3v) is 4.78. The number of rotatable bonds is 9. The molecule has 2 aromatic heterocycles. The van der Waals surface area contributed by atoms with Crippen LogP contribution in [0.15, 0.2) is 12.1 Å². The van der Waals surface area contributed by atoms with Gasteiger partial charge < -0.3 is 9.47 Å². The second kappa shape index (κ2) is 9.67. The molecule has 0 fully saturated rings. The Kier molecular flexibility index (Phi) is 7.57. The molecule has 5 heteroatoms. The summed E-state index contributed by atoms with van der Waals surface area (Å²) in [5.41, 5.74) is 4.52. The van der Waals surface area contributed by atoms with Crippen LogP contribution >= 0.6 is 0 Å². The molecule has 2 rings (SSSR count). The summed E-state index contributed by atoms with van der Waals surface area (Å²) < 4.78 is 11.7. The summed E-state index contributed by atoms with van der Waals surface area (Å²) >= 11 is 0. The highest BCUT2D eigenvalue weighted by molar-refractivity contribution is 5.68. The largest absolute Gasteiger partial charge is 0.480 e. The lowest BCUT2D eigenvalue weighted by Crippen LogP contribution is -2.17. The van der Waals surface area contributed by atoms with Crippen molar-refractivity contribution in [2.45, 2.75) is 79.2 Å². The smallest absolute Gasteiger partial charge is 0.236 e. The predicted octanol–water partition coefficient (Wildman–Crippen LogP) is 5.36. The molecule has 0 N–H and O–H groups in total. The monoisotopic (exact) mass is 371 g/mol. The maximum Gasteiger partial charge on any atom is 0.236 e. The molecule has 0 bridgehead atoms. The van der Waals surface area contributed by atoms with Crippen LogP contribution in [0.1, 0.15) is 77.4 Å². The van der Waals surface area contributed by atoms with Gasteiger partial charge in [-0.2, -0.15) is 0 Å². The molecular weight excluding hydrogens is 338 g/mol. The van der Waals surface area contributed by atoms with E-state index in [-0.39, 0.29) is 6.10 Å². The first-order valence-electron chi connectivity index (χ1n) is 10.1. The topological polar surface area (TPSA) is 57.1 Å². The van der Waals surface area contributed by atoms with Gasteiger partial charge in [-0.05, 0) is 43.7 Å². The lowest BCUT2D eigenvalue weighted by atomic mass is 10.1. The summed E-state index contributed by atoms with van der Waals surface area (Å²) in [7, 11) is 1.65. The van der Waals surface area contributed by atoms with Gasteiger partial charge in [-0.25, -0.2) is 15.0 Å². The Bertz CT molecular complexity index is 755. The second-order valence-corrected chi connectivity index (χ2v) is 6.98. The molecule has 5 nitrogen and oxygen atoms in total. The van der Waals surface area contributed by atoms with E-state index >= 15 is 0 Å². The summed E-state index contributed by atoms with van der Waals surface area (Å²) in [5.74, 6) is 1.60. The number of pyridine rings is 1. The van der Waals surface area contributed by atoms with E-state index in [0.29, 0.717) is 17.7 Å². The molecule has 0 unspecified atom stereocenters. The molecule has 2 aromatic rings. The van der Waals surface area contributed by atoms with Crippen molar-refractivity contribution in [3.8, 4) is 23.0 Å². The van der Waals surface area contributed by atoms with E-state index in [1.807, 2.05) is 12.1 Å². The van der Waals surface area contributed by atoms with E-state index in [0.717, 1.165) is 54.0 Å². The molecule has 2 heterocycles. The zero-order valence-electron chi connectivity index (χ0n) is 17.8. The molecule has 0 radical (unpaired) electrons. The van der Waals surface area contributed by atoms with Crippen molar-refractivity contribution in [3.05, 3.63) is 29.2 Å². The summed E-state index contributed by atoms with van der Waals surface area (Å²) in [6.07, 6.45) is 3.61.